The topological polar surface area (TPSA) is 26.0 Å². The number of rotatable bonds is 2. The maximum Gasteiger partial charge on any atom is 0.0109 e. The Kier molecular flexibility index (Phi) is 3.30. The van der Waals surface area contributed by atoms with Crippen LogP contribution in [0.1, 0.15) is 0 Å². The lowest BCUT2D eigenvalue weighted by Gasteiger charge is -1.84. The van der Waals surface area contributed by atoms with Crippen molar-refractivity contribution in [2.75, 3.05) is 6.54 Å². The van der Waals surface area contributed by atoms with Gasteiger partial charge in [0.05, 0.1) is 0 Å². The lowest BCUT2D eigenvalue weighted by molar-refractivity contribution is 1.26. The summed E-state index contributed by atoms with van der Waals surface area (Å²) in [6, 6.07) is 7.99. The second-order valence-corrected chi connectivity index (χ2v) is 2.53. The zero-order valence-corrected chi connectivity index (χ0v) is 7.03. The summed E-state index contributed by atoms with van der Waals surface area (Å²) >= 11 is 0. The maximum absolute atomic E-state index is 5.31. The van der Waals surface area contributed by atoms with E-state index in [2.05, 4.69) is 6.58 Å². The smallest absolute Gasteiger partial charge is 0.0109 e. The molecule has 12 heavy (non-hydrogen) atoms. The first kappa shape index (κ1) is 8.75. The van der Waals surface area contributed by atoms with Crippen molar-refractivity contribution in [3.63, 3.8) is 0 Å². The molecule has 1 aromatic rings. The van der Waals surface area contributed by atoms with Gasteiger partial charge in [-0.2, -0.15) is 0 Å². The van der Waals surface area contributed by atoms with E-state index in [4.69, 9.17) is 5.73 Å². The summed E-state index contributed by atoms with van der Waals surface area (Å²) < 4.78 is 0. The molecule has 0 bridgehead atoms. The second kappa shape index (κ2) is 4.52. The van der Waals surface area contributed by atoms with Gasteiger partial charge < -0.3 is 5.73 Å². The van der Waals surface area contributed by atoms with Crippen LogP contribution in [-0.2, 0) is 0 Å². The molecule has 0 aliphatic rings. The van der Waals surface area contributed by atoms with E-state index in [0.29, 0.717) is 6.54 Å². The van der Waals surface area contributed by atoms with Crippen LogP contribution < -0.4 is 16.2 Å². The fourth-order valence-electron chi connectivity index (χ4n) is 0.947. The minimum Gasteiger partial charge on any atom is -0.327 e. The number of benzene rings is 1. The van der Waals surface area contributed by atoms with Gasteiger partial charge in [0.25, 0.3) is 0 Å². The molecule has 0 atom stereocenters. The first-order valence-corrected chi connectivity index (χ1v) is 3.95. The van der Waals surface area contributed by atoms with E-state index in [-0.39, 0.29) is 0 Å². The van der Waals surface area contributed by atoms with Gasteiger partial charge in [0.2, 0.25) is 0 Å². The Balaban J connectivity index is 3.03. The molecule has 0 radical (unpaired) electrons. The lowest BCUT2D eigenvalue weighted by Crippen LogP contribution is -2.21. The van der Waals surface area contributed by atoms with Crippen LogP contribution in [0.5, 0.6) is 0 Å². The molecule has 2 N–H and O–H groups in total. The van der Waals surface area contributed by atoms with Crippen LogP contribution in [-0.4, -0.2) is 6.54 Å². The van der Waals surface area contributed by atoms with Crippen LogP contribution in [0.25, 0.3) is 12.7 Å². The van der Waals surface area contributed by atoms with Gasteiger partial charge in [-0.05, 0) is 10.4 Å². The average Bonchev–Trinajstić information content (AvgIpc) is 2.09. The summed E-state index contributed by atoms with van der Waals surface area (Å²) in [6.07, 6.45) is 5.87. The summed E-state index contributed by atoms with van der Waals surface area (Å²) in [5, 5.41) is 2.18. The Hall–Kier alpha value is -1.34. The summed E-state index contributed by atoms with van der Waals surface area (Å²) in [4.78, 5) is 0. The molecular weight excluding hydrogens is 146 g/mol. The van der Waals surface area contributed by atoms with Crippen molar-refractivity contribution < 1.29 is 0 Å². The predicted octanol–water partition coefficient (Wildman–Crippen LogP) is 0.392. The second-order valence-electron chi connectivity index (χ2n) is 2.53. The molecule has 1 nitrogen and oxygen atoms in total. The van der Waals surface area contributed by atoms with Gasteiger partial charge in [0.15, 0.2) is 0 Å². The molecule has 62 valence electrons. The lowest BCUT2D eigenvalue weighted by atomic mass is 10.2. The van der Waals surface area contributed by atoms with E-state index in [9.17, 15) is 0 Å². The van der Waals surface area contributed by atoms with E-state index in [1.165, 1.54) is 0 Å². The van der Waals surface area contributed by atoms with E-state index >= 15 is 0 Å². The quantitative estimate of drug-likeness (QED) is 0.664. The van der Waals surface area contributed by atoms with Gasteiger partial charge in [-0.25, -0.2) is 0 Å². The van der Waals surface area contributed by atoms with Crippen molar-refractivity contribution >= 4 is 12.7 Å². The molecule has 0 heterocycles. The molecule has 0 fully saturated rings. The molecule has 0 aliphatic carbocycles. The van der Waals surface area contributed by atoms with Crippen molar-refractivity contribution in [2.45, 2.75) is 0 Å². The Morgan fingerprint density at radius 3 is 2.75 bits per heavy atom. The zero-order chi connectivity index (χ0) is 8.81. The van der Waals surface area contributed by atoms with E-state index in [1.54, 1.807) is 0 Å². The fraction of sp³-hybridized carbons (Fsp3) is 0.0909. The fourth-order valence-corrected chi connectivity index (χ4v) is 0.947. The molecule has 1 rings (SSSR count). The number of hydrogen-bond acceptors (Lipinski definition) is 1. The summed E-state index contributed by atoms with van der Waals surface area (Å²) in [7, 11) is 0. The number of allylic oxidation sites excluding steroid dienone is 1. The van der Waals surface area contributed by atoms with E-state index < -0.39 is 0 Å². The number of nitrogens with two attached hydrogens (primary N) is 1. The highest BCUT2D eigenvalue weighted by Gasteiger charge is 1.76. The standard InChI is InChI=1S/C11H13N/c1-10-6-2-3-7-11(10)8-4-5-9-12/h2-8H,1,9,12H2/b5-4-,11-8-. The van der Waals surface area contributed by atoms with Gasteiger partial charge in [-0.1, -0.05) is 49.1 Å². The maximum atomic E-state index is 5.31. The number of hydrogen-bond donors (Lipinski definition) is 1. The first-order valence-electron chi connectivity index (χ1n) is 3.95. The van der Waals surface area contributed by atoms with Crippen molar-refractivity contribution in [1.82, 2.24) is 0 Å². The minimum atomic E-state index is 0.579. The molecule has 0 amide bonds. The average molecular weight is 159 g/mol. The van der Waals surface area contributed by atoms with Crippen LogP contribution in [0.15, 0.2) is 36.4 Å². The van der Waals surface area contributed by atoms with Crippen LogP contribution in [0.4, 0.5) is 0 Å². The van der Waals surface area contributed by atoms with Gasteiger partial charge in [-0.15, -0.1) is 0 Å². The highest BCUT2D eigenvalue weighted by molar-refractivity contribution is 5.37. The van der Waals surface area contributed by atoms with Crippen LogP contribution in [0.2, 0.25) is 0 Å². The van der Waals surface area contributed by atoms with E-state index in [0.717, 1.165) is 10.4 Å². The molecular formula is C11H13N. The summed E-state index contributed by atoms with van der Waals surface area (Å²) in [5.41, 5.74) is 5.31. The van der Waals surface area contributed by atoms with Crippen LogP contribution in [0.3, 0.4) is 0 Å². The summed E-state index contributed by atoms with van der Waals surface area (Å²) in [6.45, 7) is 4.48. The molecule has 0 aromatic heterocycles. The van der Waals surface area contributed by atoms with E-state index in [1.807, 2.05) is 42.5 Å². The van der Waals surface area contributed by atoms with Crippen molar-refractivity contribution in [3.05, 3.63) is 46.9 Å². The molecule has 0 unspecified atom stereocenters. The molecule has 0 spiro atoms. The SMILES string of the molecule is C=c1cccc/c1=C/C=C\CN. The zero-order valence-electron chi connectivity index (χ0n) is 7.03. The third kappa shape index (κ3) is 2.36. The third-order valence-corrected chi connectivity index (χ3v) is 1.60. The van der Waals surface area contributed by atoms with Gasteiger partial charge in [0.1, 0.15) is 0 Å². The summed E-state index contributed by atoms with van der Waals surface area (Å²) in [5.74, 6) is 0. The molecule has 0 saturated carbocycles. The van der Waals surface area contributed by atoms with Crippen LogP contribution >= 0.6 is 0 Å². The molecule has 1 heteroatoms. The normalized spacial score (nSPS) is 12.6. The van der Waals surface area contributed by atoms with Gasteiger partial charge in [0, 0.05) is 6.54 Å². The predicted molar refractivity (Wildman–Crippen MR) is 53.9 cm³/mol. The van der Waals surface area contributed by atoms with Gasteiger partial charge in [-0.3, -0.25) is 0 Å². The molecule has 1 aromatic carbocycles. The van der Waals surface area contributed by atoms with Crippen molar-refractivity contribution in [1.29, 1.82) is 0 Å². The third-order valence-electron chi connectivity index (χ3n) is 1.60. The highest BCUT2D eigenvalue weighted by atomic mass is 14.5. The Bertz CT molecular complexity index is 363. The van der Waals surface area contributed by atoms with Crippen LogP contribution in [0, 0.1) is 0 Å². The molecule has 0 aliphatic heterocycles. The van der Waals surface area contributed by atoms with Crippen molar-refractivity contribution in [2.24, 2.45) is 5.73 Å². The Morgan fingerprint density at radius 2 is 2.08 bits per heavy atom. The monoisotopic (exact) mass is 159 g/mol. The molecule has 0 saturated heterocycles. The highest BCUT2D eigenvalue weighted by Crippen LogP contribution is 1.73. The van der Waals surface area contributed by atoms with Crippen molar-refractivity contribution in [3.8, 4) is 0 Å². The Morgan fingerprint density at radius 1 is 1.33 bits per heavy atom. The minimum absolute atomic E-state index is 0.579. The largest absolute Gasteiger partial charge is 0.327 e. The Labute approximate surface area is 72.5 Å². The van der Waals surface area contributed by atoms with Gasteiger partial charge >= 0.3 is 0 Å². The first-order chi connectivity index (χ1) is 5.84.